The van der Waals surface area contributed by atoms with Crippen LogP contribution < -0.4 is 4.74 Å². The molecule has 0 atom stereocenters. The quantitative estimate of drug-likeness (QED) is 0.659. The normalized spacial score (nSPS) is 17.8. The molecule has 4 rings (SSSR count). The third-order valence-corrected chi connectivity index (χ3v) is 5.31. The van der Waals surface area contributed by atoms with Crippen molar-refractivity contribution < 1.29 is 9.47 Å². The minimum absolute atomic E-state index is 0.143. The molecule has 3 heterocycles. The molecular formula is C19H24N4O2S. The van der Waals surface area contributed by atoms with Gasteiger partial charge in [-0.1, -0.05) is 0 Å². The number of methoxy groups -OCH3 is 1. The third kappa shape index (κ3) is 3.00. The number of ether oxygens (including phenoxy) is 2. The van der Waals surface area contributed by atoms with E-state index >= 15 is 0 Å². The molecule has 6 nitrogen and oxygen atoms in total. The van der Waals surface area contributed by atoms with Crippen LogP contribution in [-0.4, -0.2) is 51.5 Å². The summed E-state index contributed by atoms with van der Waals surface area (Å²) in [5.74, 6) is 0.814. The van der Waals surface area contributed by atoms with Crippen LogP contribution in [0.25, 0.3) is 16.6 Å². The van der Waals surface area contributed by atoms with Crippen molar-refractivity contribution in [3.05, 3.63) is 34.6 Å². The predicted molar refractivity (Wildman–Crippen MR) is 104 cm³/mol. The van der Waals surface area contributed by atoms with Crippen LogP contribution >= 0.6 is 12.2 Å². The van der Waals surface area contributed by atoms with Crippen LogP contribution in [0.1, 0.15) is 19.4 Å². The molecule has 0 spiro atoms. The fraction of sp³-hybridized carbons (Fsp3) is 0.474. The molecule has 0 N–H and O–H groups in total. The van der Waals surface area contributed by atoms with E-state index < -0.39 is 0 Å². The van der Waals surface area contributed by atoms with Crippen molar-refractivity contribution in [1.82, 2.24) is 19.1 Å². The summed E-state index contributed by atoms with van der Waals surface area (Å²) in [6, 6.07) is 8.16. The maximum atomic E-state index is 5.80. The monoisotopic (exact) mass is 372 g/mol. The minimum Gasteiger partial charge on any atom is -0.497 e. The highest BCUT2D eigenvalue weighted by molar-refractivity contribution is 7.71. The Balaban J connectivity index is 1.81. The van der Waals surface area contributed by atoms with Gasteiger partial charge in [-0.05, 0) is 56.8 Å². The third-order valence-electron chi connectivity index (χ3n) is 4.92. The van der Waals surface area contributed by atoms with Gasteiger partial charge in [-0.25, -0.2) is 4.68 Å². The van der Waals surface area contributed by atoms with Gasteiger partial charge in [0.1, 0.15) is 5.75 Å². The average molecular weight is 372 g/mol. The number of hydrogen-bond acceptors (Lipinski definition) is 5. The summed E-state index contributed by atoms with van der Waals surface area (Å²) in [7, 11) is 1.68. The van der Waals surface area contributed by atoms with Crippen LogP contribution in [0.2, 0.25) is 0 Å². The van der Waals surface area contributed by atoms with Gasteiger partial charge in [0.15, 0.2) is 5.65 Å². The highest BCUT2D eigenvalue weighted by Crippen LogP contribution is 2.26. The van der Waals surface area contributed by atoms with Crippen molar-refractivity contribution in [1.29, 1.82) is 0 Å². The molecule has 138 valence electrons. The maximum Gasteiger partial charge on any atom is 0.204 e. The second-order valence-electron chi connectivity index (χ2n) is 7.49. The minimum atomic E-state index is -0.143. The first-order valence-electron chi connectivity index (χ1n) is 8.81. The van der Waals surface area contributed by atoms with Gasteiger partial charge in [-0.3, -0.25) is 9.30 Å². The van der Waals surface area contributed by atoms with E-state index in [2.05, 4.69) is 37.8 Å². The van der Waals surface area contributed by atoms with Crippen molar-refractivity contribution in [3.8, 4) is 5.75 Å². The molecule has 0 aliphatic carbocycles. The molecule has 7 heteroatoms. The van der Waals surface area contributed by atoms with Gasteiger partial charge in [0.05, 0.1) is 31.5 Å². The molecular weight excluding hydrogens is 348 g/mol. The summed E-state index contributed by atoms with van der Waals surface area (Å²) >= 11 is 5.77. The first kappa shape index (κ1) is 17.5. The van der Waals surface area contributed by atoms with Gasteiger partial charge in [0.25, 0.3) is 0 Å². The van der Waals surface area contributed by atoms with Gasteiger partial charge < -0.3 is 9.47 Å². The lowest BCUT2D eigenvalue weighted by Gasteiger charge is -2.37. The van der Waals surface area contributed by atoms with Crippen molar-refractivity contribution in [2.75, 3.05) is 26.8 Å². The fourth-order valence-electron chi connectivity index (χ4n) is 3.69. The van der Waals surface area contributed by atoms with Crippen LogP contribution in [0, 0.1) is 11.7 Å². The smallest absolute Gasteiger partial charge is 0.204 e. The Morgan fingerprint density at radius 1 is 1.31 bits per heavy atom. The first-order chi connectivity index (χ1) is 12.4. The zero-order valence-electron chi connectivity index (χ0n) is 15.7. The Kier molecular flexibility index (Phi) is 4.25. The standard InChI is InChI=1S/C19H24N4O2S/c1-13-9-17-20-22(12-21-7-8-25-19(2,3)11-21)18(26)23(17)16-10-14(24-4)5-6-15(13)16/h5-6,9-10H,7-8,11-12H2,1-4H3. The van der Waals surface area contributed by atoms with E-state index in [9.17, 15) is 0 Å². The number of aromatic nitrogens is 3. The molecule has 0 saturated carbocycles. The van der Waals surface area contributed by atoms with E-state index in [0.29, 0.717) is 11.4 Å². The van der Waals surface area contributed by atoms with E-state index in [1.165, 1.54) is 5.56 Å². The molecule has 1 aromatic carbocycles. The summed E-state index contributed by atoms with van der Waals surface area (Å²) in [4.78, 5) is 2.33. The first-order valence-corrected chi connectivity index (χ1v) is 9.22. The topological polar surface area (TPSA) is 43.9 Å². The Bertz CT molecular complexity index is 1040. The summed E-state index contributed by atoms with van der Waals surface area (Å²) in [6.45, 7) is 9.46. The molecule has 0 unspecified atom stereocenters. The number of nitrogens with zero attached hydrogens (tertiary/aromatic N) is 4. The summed E-state index contributed by atoms with van der Waals surface area (Å²) in [5, 5.41) is 5.93. The number of fused-ring (bicyclic) bond motifs is 3. The molecule has 2 aromatic heterocycles. The van der Waals surface area contributed by atoms with E-state index in [0.717, 1.165) is 42.0 Å². The number of rotatable bonds is 3. The van der Waals surface area contributed by atoms with Crippen LogP contribution in [0.5, 0.6) is 5.75 Å². The van der Waals surface area contributed by atoms with Gasteiger partial charge >= 0.3 is 0 Å². The van der Waals surface area contributed by atoms with Crippen LogP contribution in [0.4, 0.5) is 0 Å². The van der Waals surface area contributed by atoms with E-state index in [-0.39, 0.29) is 5.60 Å². The average Bonchev–Trinajstić information content (AvgIpc) is 2.89. The molecule has 26 heavy (non-hydrogen) atoms. The molecule has 1 aliphatic heterocycles. The predicted octanol–water partition coefficient (Wildman–Crippen LogP) is 3.40. The Morgan fingerprint density at radius 3 is 2.85 bits per heavy atom. The maximum absolute atomic E-state index is 5.80. The molecule has 0 radical (unpaired) electrons. The van der Waals surface area contributed by atoms with Crippen LogP contribution in [0.15, 0.2) is 24.3 Å². The molecule has 1 aliphatic rings. The summed E-state index contributed by atoms with van der Waals surface area (Å²) in [6.07, 6.45) is 0. The second kappa shape index (κ2) is 6.33. The Morgan fingerprint density at radius 2 is 2.12 bits per heavy atom. The van der Waals surface area contributed by atoms with Gasteiger partial charge in [-0.15, -0.1) is 0 Å². The molecule has 1 fully saturated rings. The molecule has 0 amide bonds. The van der Waals surface area contributed by atoms with Crippen molar-refractivity contribution in [2.24, 2.45) is 0 Å². The Hall–Kier alpha value is -1.96. The SMILES string of the molecule is COc1ccc2c(C)cc3nn(CN4CCOC(C)(C)C4)c(=S)n3c2c1. The number of pyridine rings is 1. The van der Waals surface area contributed by atoms with Gasteiger partial charge in [-0.2, -0.15) is 5.10 Å². The van der Waals surface area contributed by atoms with E-state index in [1.54, 1.807) is 7.11 Å². The van der Waals surface area contributed by atoms with Crippen LogP contribution in [0.3, 0.4) is 0 Å². The molecule has 3 aromatic rings. The lowest BCUT2D eigenvalue weighted by Crippen LogP contribution is -2.48. The Labute approximate surface area is 157 Å². The van der Waals surface area contributed by atoms with Gasteiger partial charge in [0, 0.05) is 24.5 Å². The zero-order chi connectivity index (χ0) is 18.5. The van der Waals surface area contributed by atoms with Crippen molar-refractivity contribution >= 4 is 28.8 Å². The van der Waals surface area contributed by atoms with Crippen molar-refractivity contribution in [3.63, 3.8) is 0 Å². The molecule has 1 saturated heterocycles. The van der Waals surface area contributed by atoms with E-state index in [1.807, 2.05) is 21.2 Å². The zero-order valence-corrected chi connectivity index (χ0v) is 16.5. The van der Waals surface area contributed by atoms with Gasteiger partial charge in [0.2, 0.25) is 4.77 Å². The lowest BCUT2D eigenvalue weighted by molar-refractivity contribution is -0.0946. The van der Waals surface area contributed by atoms with E-state index in [4.69, 9.17) is 26.8 Å². The largest absolute Gasteiger partial charge is 0.497 e. The van der Waals surface area contributed by atoms with Crippen LogP contribution in [-0.2, 0) is 11.4 Å². The lowest BCUT2D eigenvalue weighted by atomic mass is 10.1. The number of aryl methyl sites for hydroxylation is 1. The number of benzene rings is 1. The highest BCUT2D eigenvalue weighted by atomic mass is 32.1. The summed E-state index contributed by atoms with van der Waals surface area (Å²) < 4.78 is 15.8. The van der Waals surface area contributed by atoms with Crippen molar-refractivity contribution in [2.45, 2.75) is 33.0 Å². The fourth-order valence-corrected chi connectivity index (χ4v) is 3.98. The highest BCUT2D eigenvalue weighted by Gasteiger charge is 2.27. The number of morpholine rings is 1. The molecule has 0 bridgehead atoms. The number of hydrogen-bond donors (Lipinski definition) is 0. The second-order valence-corrected chi connectivity index (χ2v) is 7.85. The summed E-state index contributed by atoms with van der Waals surface area (Å²) in [5.41, 5.74) is 2.92.